The zero-order chi connectivity index (χ0) is 16.1. The van der Waals surface area contributed by atoms with Crippen molar-refractivity contribution in [3.8, 4) is 11.3 Å². The van der Waals surface area contributed by atoms with Crippen molar-refractivity contribution in [2.75, 3.05) is 6.54 Å². The van der Waals surface area contributed by atoms with Gasteiger partial charge in [0.25, 0.3) is 11.2 Å². The molecule has 22 heavy (non-hydrogen) atoms. The molecule has 0 radical (unpaired) electrons. The van der Waals surface area contributed by atoms with E-state index in [1.807, 2.05) is 6.07 Å². The van der Waals surface area contributed by atoms with E-state index >= 15 is 0 Å². The van der Waals surface area contributed by atoms with Crippen molar-refractivity contribution in [1.29, 1.82) is 0 Å². The van der Waals surface area contributed by atoms with E-state index in [1.165, 1.54) is 16.7 Å². The van der Waals surface area contributed by atoms with Gasteiger partial charge in [0.05, 0.1) is 10.6 Å². The van der Waals surface area contributed by atoms with Crippen molar-refractivity contribution in [2.24, 2.45) is 7.05 Å². The summed E-state index contributed by atoms with van der Waals surface area (Å²) in [6.45, 7) is 3.45. The molecule has 2 aromatic rings. The monoisotopic (exact) mass is 301 g/mol. The Labute approximate surface area is 128 Å². The quantitative estimate of drug-likeness (QED) is 0.505. The number of nitro benzene ring substituents is 1. The topological polar surface area (TPSA) is 77.2 Å². The Bertz CT molecular complexity index is 738. The second-order valence-corrected chi connectivity index (χ2v) is 5.09. The Hall–Kier alpha value is -2.47. The molecule has 0 aliphatic heterocycles. The number of hydrogen-bond donors (Lipinski definition) is 1. The van der Waals surface area contributed by atoms with Crippen LogP contribution >= 0.6 is 0 Å². The van der Waals surface area contributed by atoms with Crippen LogP contribution < -0.4 is 10.9 Å². The van der Waals surface area contributed by atoms with Gasteiger partial charge in [-0.1, -0.05) is 25.1 Å². The molecule has 6 nitrogen and oxygen atoms in total. The number of hydrogen-bond acceptors (Lipinski definition) is 4. The number of pyridine rings is 1. The highest BCUT2D eigenvalue weighted by Crippen LogP contribution is 2.22. The number of aromatic nitrogens is 1. The minimum atomic E-state index is -0.440. The van der Waals surface area contributed by atoms with Crippen LogP contribution in [0.1, 0.15) is 18.9 Å². The van der Waals surface area contributed by atoms with E-state index < -0.39 is 4.92 Å². The first-order valence-electron chi connectivity index (χ1n) is 7.19. The van der Waals surface area contributed by atoms with E-state index in [4.69, 9.17) is 0 Å². The molecule has 116 valence electrons. The molecule has 1 heterocycles. The van der Waals surface area contributed by atoms with Gasteiger partial charge >= 0.3 is 0 Å². The first-order chi connectivity index (χ1) is 10.5. The molecule has 1 N–H and O–H groups in total. The summed E-state index contributed by atoms with van der Waals surface area (Å²) in [6.07, 6.45) is 1.01. The summed E-state index contributed by atoms with van der Waals surface area (Å²) in [4.78, 5) is 22.8. The number of rotatable bonds is 6. The maximum absolute atomic E-state index is 12.4. The molecule has 0 bridgehead atoms. The number of non-ortho nitro benzene ring substituents is 1. The van der Waals surface area contributed by atoms with E-state index in [1.54, 1.807) is 25.2 Å². The number of nitrogens with one attached hydrogen (secondary N) is 1. The van der Waals surface area contributed by atoms with E-state index in [-0.39, 0.29) is 11.2 Å². The molecular formula is C16H19N3O3. The minimum Gasteiger partial charge on any atom is -0.312 e. The van der Waals surface area contributed by atoms with Crippen molar-refractivity contribution in [2.45, 2.75) is 19.9 Å². The molecule has 2 rings (SSSR count). The molecule has 6 heteroatoms. The summed E-state index contributed by atoms with van der Waals surface area (Å²) in [5, 5.41) is 14.1. The summed E-state index contributed by atoms with van der Waals surface area (Å²) in [7, 11) is 1.68. The molecule has 0 aliphatic carbocycles. The fraction of sp³-hybridized carbons (Fsp3) is 0.312. The molecule has 0 saturated carbocycles. The lowest BCUT2D eigenvalue weighted by Gasteiger charge is -2.11. The second kappa shape index (κ2) is 7.00. The van der Waals surface area contributed by atoms with Crippen LogP contribution in [0.3, 0.4) is 0 Å². The van der Waals surface area contributed by atoms with E-state index in [2.05, 4.69) is 12.2 Å². The Morgan fingerprint density at radius 1 is 1.27 bits per heavy atom. The summed E-state index contributed by atoms with van der Waals surface area (Å²) >= 11 is 0. The zero-order valence-electron chi connectivity index (χ0n) is 12.7. The van der Waals surface area contributed by atoms with Crippen molar-refractivity contribution >= 4 is 5.69 Å². The summed E-state index contributed by atoms with van der Waals surface area (Å²) in [5.41, 5.74) is 1.92. The summed E-state index contributed by atoms with van der Waals surface area (Å²) in [6, 6.07) is 9.89. The van der Waals surface area contributed by atoms with Gasteiger partial charge in [0.2, 0.25) is 0 Å². The predicted molar refractivity (Wildman–Crippen MR) is 85.8 cm³/mol. The van der Waals surface area contributed by atoms with Gasteiger partial charge < -0.3 is 9.88 Å². The normalized spacial score (nSPS) is 10.6. The van der Waals surface area contributed by atoms with Crippen LogP contribution in [0.5, 0.6) is 0 Å². The molecule has 0 spiro atoms. The first-order valence-corrected chi connectivity index (χ1v) is 7.19. The average Bonchev–Trinajstić information content (AvgIpc) is 2.52. The molecular weight excluding hydrogens is 282 g/mol. The molecule has 1 aromatic heterocycles. The average molecular weight is 301 g/mol. The molecule has 0 atom stereocenters. The van der Waals surface area contributed by atoms with Crippen LogP contribution in [0.25, 0.3) is 11.3 Å². The highest BCUT2D eigenvalue weighted by molar-refractivity contribution is 5.63. The molecule has 0 saturated heterocycles. The van der Waals surface area contributed by atoms with Gasteiger partial charge in [0.1, 0.15) is 0 Å². The third-order valence-electron chi connectivity index (χ3n) is 3.48. The number of nitrogens with zero attached hydrogens (tertiary/aromatic N) is 2. The Morgan fingerprint density at radius 3 is 2.73 bits per heavy atom. The Kier molecular flexibility index (Phi) is 5.06. The fourth-order valence-corrected chi connectivity index (χ4v) is 2.29. The number of nitro groups is 1. The highest BCUT2D eigenvalue weighted by Gasteiger charge is 2.11. The van der Waals surface area contributed by atoms with Crippen molar-refractivity contribution in [1.82, 2.24) is 9.88 Å². The van der Waals surface area contributed by atoms with E-state index in [0.29, 0.717) is 23.4 Å². The maximum atomic E-state index is 12.4. The third-order valence-corrected chi connectivity index (χ3v) is 3.48. The molecule has 0 fully saturated rings. The van der Waals surface area contributed by atoms with Gasteiger partial charge in [0.15, 0.2) is 0 Å². The summed E-state index contributed by atoms with van der Waals surface area (Å²) in [5.74, 6) is 0. The zero-order valence-corrected chi connectivity index (χ0v) is 12.7. The molecule has 0 unspecified atom stereocenters. The predicted octanol–water partition coefficient (Wildman–Crippen LogP) is 2.46. The lowest BCUT2D eigenvalue weighted by molar-refractivity contribution is -0.384. The lowest BCUT2D eigenvalue weighted by Crippen LogP contribution is -2.26. The highest BCUT2D eigenvalue weighted by atomic mass is 16.6. The second-order valence-electron chi connectivity index (χ2n) is 5.09. The largest absolute Gasteiger partial charge is 0.312 e. The molecule has 1 aromatic carbocycles. The fourth-order valence-electron chi connectivity index (χ4n) is 2.29. The third kappa shape index (κ3) is 3.40. The van der Waals surface area contributed by atoms with E-state index in [0.717, 1.165) is 13.0 Å². The molecule has 0 aliphatic rings. The minimum absolute atomic E-state index is 0.0126. The van der Waals surface area contributed by atoms with E-state index in [9.17, 15) is 14.9 Å². The van der Waals surface area contributed by atoms with Gasteiger partial charge in [-0.05, 0) is 19.0 Å². The van der Waals surface area contributed by atoms with Crippen molar-refractivity contribution < 1.29 is 4.92 Å². The molecule has 0 amide bonds. The maximum Gasteiger partial charge on any atom is 0.270 e. The van der Waals surface area contributed by atoms with Crippen LogP contribution in [0.2, 0.25) is 0 Å². The van der Waals surface area contributed by atoms with Crippen LogP contribution in [0.4, 0.5) is 5.69 Å². The smallest absolute Gasteiger partial charge is 0.270 e. The van der Waals surface area contributed by atoms with Crippen LogP contribution in [-0.4, -0.2) is 16.0 Å². The van der Waals surface area contributed by atoms with Gasteiger partial charge in [-0.15, -0.1) is 0 Å². The van der Waals surface area contributed by atoms with Gasteiger partial charge in [-0.2, -0.15) is 0 Å². The first kappa shape index (κ1) is 15.9. The SMILES string of the molecule is CCCNCc1ccc(-c2cccc([N+](=O)[O-])c2)n(C)c1=O. The van der Waals surface area contributed by atoms with Gasteiger partial charge in [-0.25, -0.2) is 0 Å². The van der Waals surface area contributed by atoms with Crippen LogP contribution in [0.15, 0.2) is 41.2 Å². The number of benzene rings is 1. The Morgan fingerprint density at radius 2 is 2.05 bits per heavy atom. The standard InChI is InChI=1S/C16H19N3O3/c1-3-9-17-11-13-7-8-15(18(2)16(13)20)12-5-4-6-14(10-12)19(21)22/h4-8,10,17H,3,9,11H2,1-2H3. The van der Waals surface area contributed by atoms with Crippen molar-refractivity contribution in [3.63, 3.8) is 0 Å². The van der Waals surface area contributed by atoms with Crippen molar-refractivity contribution in [3.05, 3.63) is 62.4 Å². The lowest BCUT2D eigenvalue weighted by atomic mass is 10.1. The van der Waals surface area contributed by atoms with Gasteiger partial charge in [-0.3, -0.25) is 14.9 Å². The van der Waals surface area contributed by atoms with Crippen LogP contribution in [-0.2, 0) is 13.6 Å². The Balaban J connectivity index is 2.37. The van der Waals surface area contributed by atoms with Gasteiger partial charge in [0, 0.05) is 36.9 Å². The van der Waals surface area contributed by atoms with Crippen LogP contribution in [0, 0.1) is 10.1 Å². The summed E-state index contributed by atoms with van der Waals surface area (Å²) < 4.78 is 1.53.